The Hall–Kier alpha value is -0.620. The highest BCUT2D eigenvalue weighted by molar-refractivity contribution is 14.1. The molecule has 19 heavy (non-hydrogen) atoms. The van der Waals surface area contributed by atoms with Crippen LogP contribution in [0.5, 0.6) is 0 Å². The van der Waals surface area contributed by atoms with Crippen molar-refractivity contribution in [2.45, 2.75) is 32.7 Å². The summed E-state index contributed by atoms with van der Waals surface area (Å²) in [5, 5.41) is 0. The number of nitrogens with zero attached hydrogens (tertiary/aromatic N) is 1. The van der Waals surface area contributed by atoms with Crippen LogP contribution in [0.3, 0.4) is 0 Å². The molecule has 0 saturated heterocycles. The van der Waals surface area contributed by atoms with Crippen LogP contribution in [0.15, 0.2) is 24.3 Å². The van der Waals surface area contributed by atoms with Crippen LogP contribution in [0.2, 0.25) is 0 Å². The van der Waals surface area contributed by atoms with Gasteiger partial charge in [0.15, 0.2) is 0 Å². The molecule has 1 aromatic rings. The maximum Gasteiger partial charge on any atom is 0.226 e. The maximum absolute atomic E-state index is 12.1. The first-order valence-electron chi connectivity index (χ1n) is 6.64. The van der Waals surface area contributed by atoms with Crippen molar-refractivity contribution in [3.05, 3.63) is 33.4 Å². The Morgan fingerprint density at radius 3 is 2.68 bits per heavy atom. The zero-order valence-corrected chi connectivity index (χ0v) is 14.1. The molecule has 2 N–H and O–H groups in total. The van der Waals surface area contributed by atoms with Gasteiger partial charge in [0.2, 0.25) is 5.91 Å². The molecular formula is C15H23IN2O. The Morgan fingerprint density at radius 2 is 2.11 bits per heavy atom. The lowest BCUT2D eigenvalue weighted by atomic mass is 10.0. The van der Waals surface area contributed by atoms with E-state index >= 15 is 0 Å². The van der Waals surface area contributed by atoms with E-state index in [-0.39, 0.29) is 11.9 Å². The molecule has 4 heteroatoms. The fourth-order valence-electron chi connectivity index (χ4n) is 1.76. The van der Waals surface area contributed by atoms with Crippen molar-refractivity contribution < 1.29 is 4.79 Å². The second-order valence-corrected chi connectivity index (χ2v) is 6.56. The van der Waals surface area contributed by atoms with Crippen LogP contribution in [0, 0.1) is 9.49 Å². The third-order valence-electron chi connectivity index (χ3n) is 3.32. The summed E-state index contributed by atoms with van der Waals surface area (Å²) in [5.74, 6) is 0.608. The smallest absolute Gasteiger partial charge is 0.226 e. The lowest BCUT2D eigenvalue weighted by Gasteiger charge is -2.21. The Kier molecular flexibility index (Phi) is 6.79. The molecule has 0 aliphatic carbocycles. The molecule has 0 bridgehead atoms. The van der Waals surface area contributed by atoms with Crippen LogP contribution < -0.4 is 5.73 Å². The summed E-state index contributed by atoms with van der Waals surface area (Å²) in [6, 6.07) is 8.21. The van der Waals surface area contributed by atoms with Crippen LogP contribution in [-0.4, -0.2) is 30.4 Å². The van der Waals surface area contributed by atoms with E-state index in [9.17, 15) is 4.79 Å². The van der Waals surface area contributed by atoms with Gasteiger partial charge in [0.05, 0.1) is 6.42 Å². The molecule has 3 nitrogen and oxygen atoms in total. The van der Waals surface area contributed by atoms with Gasteiger partial charge >= 0.3 is 0 Å². The van der Waals surface area contributed by atoms with Crippen LogP contribution in [-0.2, 0) is 11.2 Å². The van der Waals surface area contributed by atoms with Gasteiger partial charge in [-0.05, 0) is 52.6 Å². The number of carbonyl (C=O) groups is 1. The predicted molar refractivity (Wildman–Crippen MR) is 87.9 cm³/mol. The predicted octanol–water partition coefficient (Wildman–Crippen LogP) is 2.67. The lowest BCUT2D eigenvalue weighted by Crippen LogP contribution is -2.35. The summed E-state index contributed by atoms with van der Waals surface area (Å²) in [6.45, 7) is 4.94. The van der Waals surface area contributed by atoms with Crippen molar-refractivity contribution >= 4 is 28.5 Å². The minimum atomic E-state index is 0.151. The standard InChI is InChI=1S/C15H23IN2O/c1-11(2)14(17)7-8-18(3)15(19)10-12-5-4-6-13(16)9-12/h4-6,9,11,14H,7-8,10,17H2,1-3H3. The Balaban J connectivity index is 2.45. The molecule has 0 saturated carbocycles. The average molecular weight is 374 g/mol. The van der Waals surface area contributed by atoms with Gasteiger partial charge in [-0.25, -0.2) is 0 Å². The second-order valence-electron chi connectivity index (χ2n) is 5.32. The maximum atomic E-state index is 12.1. The molecule has 0 heterocycles. The molecule has 0 radical (unpaired) electrons. The van der Waals surface area contributed by atoms with Crippen molar-refractivity contribution in [3.8, 4) is 0 Å². The molecule has 0 spiro atoms. The van der Waals surface area contributed by atoms with Crippen LogP contribution in [0.1, 0.15) is 25.8 Å². The number of rotatable bonds is 6. The molecule has 0 fully saturated rings. The van der Waals surface area contributed by atoms with Gasteiger partial charge in [0.25, 0.3) is 0 Å². The van der Waals surface area contributed by atoms with Crippen molar-refractivity contribution in [1.29, 1.82) is 0 Å². The van der Waals surface area contributed by atoms with E-state index in [1.807, 2.05) is 31.3 Å². The number of benzene rings is 1. The largest absolute Gasteiger partial charge is 0.345 e. The van der Waals surface area contributed by atoms with Crippen LogP contribution in [0.25, 0.3) is 0 Å². The Labute approximate surface area is 129 Å². The molecule has 1 atom stereocenters. The third kappa shape index (κ3) is 5.91. The number of carbonyl (C=O) groups excluding carboxylic acids is 1. The summed E-state index contributed by atoms with van der Waals surface area (Å²) in [5.41, 5.74) is 7.06. The summed E-state index contributed by atoms with van der Waals surface area (Å²) in [7, 11) is 1.85. The summed E-state index contributed by atoms with van der Waals surface area (Å²) < 4.78 is 1.16. The van der Waals surface area contributed by atoms with E-state index in [1.54, 1.807) is 4.90 Å². The van der Waals surface area contributed by atoms with Gasteiger partial charge < -0.3 is 10.6 Å². The number of nitrogens with two attached hydrogens (primary N) is 1. The molecular weight excluding hydrogens is 351 g/mol. The van der Waals surface area contributed by atoms with Gasteiger partial charge in [-0.15, -0.1) is 0 Å². The second kappa shape index (κ2) is 7.85. The fraction of sp³-hybridized carbons (Fsp3) is 0.533. The zero-order chi connectivity index (χ0) is 14.4. The van der Waals surface area contributed by atoms with E-state index in [1.165, 1.54) is 0 Å². The highest BCUT2D eigenvalue weighted by Gasteiger charge is 2.13. The van der Waals surface area contributed by atoms with Gasteiger partial charge in [-0.1, -0.05) is 26.0 Å². The summed E-state index contributed by atoms with van der Waals surface area (Å²) >= 11 is 2.26. The van der Waals surface area contributed by atoms with Crippen molar-refractivity contribution in [2.75, 3.05) is 13.6 Å². The average Bonchev–Trinajstić information content (AvgIpc) is 2.35. The molecule has 0 aliphatic heterocycles. The molecule has 1 unspecified atom stereocenters. The number of likely N-dealkylation sites (N-methyl/N-ethyl adjacent to an activating group) is 1. The van der Waals surface area contributed by atoms with Crippen molar-refractivity contribution in [2.24, 2.45) is 11.7 Å². The summed E-state index contributed by atoms with van der Waals surface area (Å²) in [6.07, 6.45) is 1.32. The zero-order valence-electron chi connectivity index (χ0n) is 11.9. The van der Waals surface area contributed by atoms with Gasteiger partial charge in [0, 0.05) is 23.2 Å². The number of halogens is 1. The minimum absolute atomic E-state index is 0.151. The topological polar surface area (TPSA) is 46.3 Å². The first kappa shape index (κ1) is 16.4. The van der Waals surface area contributed by atoms with Crippen LogP contribution in [0.4, 0.5) is 0 Å². The number of hydrogen-bond donors (Lipinski definition) is 1. The highest BCUT2D eigenvalue weighted by Crippen LogP contribution is 2.10. The molecule has 1 rings (SSSR count). The molecule has 1 aromatic carbocycles. The Bertz CT molecular complexity index is 420. The highest BCUT2D eigenvalue weighted by atomic mass is 127. The summed E-state index contributed by atoms with van der Waals surface area (Å²) in [4.78, 5) is 13.9. The first-order valence-corrected chi connectivity index (χ1v) is 7.72. The fourth-order valence-corrected chi connectivity index (χ4v) is 2.36. The van der Waals surface area contributed by atoms with E-state index in [2.05, 4.69) is 36.4 Å². The van der Waals surface area contributed by atoms with E-state index < -0.39 is 0 Å². The quantitative estimate of drug-likeness (QED) is 0.779. The molecule has 0 aliphatic rings. The lowest BCUT2D eigenvalue weighted by molar-refractivity contribution is -0.129. The van der Waals surface area contributed by atoms with Crippen molar-refractivity contribution in [3.63, 3.8) is 0 Å². The SMILES string of the molecule is CC(C)C(N)CCN(C)C(=O)Cc1cccc(I)c1. The molecule has 1 amide bonds. The van der Waals surface area contributed by atoms with Gasteiger partial charge in [-0.2, -0.15) is 0 Å². The van der Waals surface area contributed by atoms with E-state index in [0.717, 1.165) is 22.1 Å². The first-order chi connectivity index (χ1) is 8.90. The van der Waals surface area contributed by atoms with E-state index in [0.29, 0.717) is 12.3 Å². The Morgan fingerprint density at radius 1 is 1.42 bits per heavy atom. The van der Waals surface area contributed by atoms with E-state index in [4.69, 9.17) is 5.73 Å². The molecule has 106 valence electrons. The third-order valence-corrected chi connectivity index (χ3v) is 4.00. The number of hydrogen-bond acceptors (Lipinski definition) is 2. The minimum Gasteiger partial charge on any atom is -0.345 e. The molecule has 0 aromatic heterocycles. The van der Waals surface area contributed by atoms with Crippen LogP contribution >= 0.6 is 22.6 Å². The number of amides is 1. The van der Waals surface area contributed by atoms with Gasteiger partial charge in [0.1, 0.15) is 0 Å². The van der Waals surface area contributed by atoms with Crippen molar-refractivity contribution in [1.82, 2.24) is 4.90 Å². The normalized spacial score (nSPS) is 12.5. The monoisotopic (exact) mass is 374 g/mol. The van der Waals surface area contributed by atoms with Gasteiger partial charge in [-0.3, -0.25) is 4.79 Å².